The van der Waals surface area contributed by atoms with Crippen molar-refractivity contribution in [1.82, 2.24) is 0 Å². The molecule has 0 aromatic heterocycles. The third-order valence-corrected chi connectivity index (χ3v) is 4.70. The fraction of sp³-hybridized carbons (Fsp3) is 0.444. The smallest absolute Gasteiger partial charge is 0.310 e. The summed E-state index contributed by atoms with van der Waals surface area (Å²) < 4.78 is 59.5. The van der Waals surface area contributed by atoms with E-state index in [0.717, 1.165) is 6.92 Å². The second kappa shape index (κ2) is 6.51. The molecular formula is C18H17F4NO2. The SMILES string of the molecule is C/C(C#N)=C/C1C(C(=O)OCc2c(F)c(F)c(C)c(F)c2F)C1(C)C. The minimum absolute atomic E-state index is 0.249. The first-order chi connectivity index (χ1) is 11.5. The molecule has 0 radical (unpaired) electrons. The number of allylic oxidation sites excluding steroid dienone is 2. The van der Waals surface area contributed by atoms with Gasteiger partial charge in [-0.15, -0.1) is 0 Å². The largest absolute Gasteiger partial charge is 0.460 e. The molecule has 0 saturated heterocycles. The van der Waals surface area contributed by atoms with Crippen LogP contribution in [0.3, 0.4) is 0 Å². The average Bonchev–Trinajstić information content (AvgIpc) is 3.10. The molecule has 2 atom stereocenters. The van der Waals surface area contributed by atoms with E-state index in [4.69, 9.17) is 10.00 Å². The van der Waals surface area contributed by atoms with E-state index in [9.17, 15) is 22.4 Å². The van der Waals surface area contributed by atoms with Crippen LogP contribution >= 0.6 is 0 Å². The number of nitriles is 1. The van der Waals surface area contributed by atoms with E-state index in [1.807, 2.05) is 6.07 Å². The van der Waals surface area contributed by atoms with Crippen LogP contribution in [0, 0.1) is 58.8 Å². The summed E-state index contributed by atoms with van der Waals surface area (Å²) >= 11 is 0. The summed E-state index contributed by atoms with van der Waals surface area (Å²) in [6, 6.07) is 1.95. The third-order valence-electron chi connectivity index (χ3n) is 4.70. The van der Waals surface area contributed by atoms with Crippen LogP contribution in [0.2, 0.25) is 0 Å². The maximum Gasteiger partial charge on any atom is 0.310 e. The highest BCUT2D eigenvalue weighted by Gasteiger charge is 2.61. The maximum absolute atomic E-state index is 13.8. The lowest BCUT2D eigenvalue weighted by molar-refractivity contribution is -0.147. The van der Waals surface area contributed by atoms with E-state index in [1.54, 1.807) is 26.8 Å². The summed E-state index contributed by atoms with van der Waals surface area (Å²) in [5, 5.41) is 8.81. The number of rotatable bonds is 4. The molecule has 7 heteroatoms. The molecule has 0 amide bonds. The van der Waals surface area contributed by atoms with E-state index in [0.29, 0.717) is 5.57 Å². The molecule has 1 saturated carbocycles. The van der Waals surface area contributed by atoms with Gasteiger partial charge in [0.1, 0.15) is 6.61 Å². The Balaban J connectivity index is 2.16. The fourth-order valence-corrected chi connectivity index (χ4v) is 2.89. The number of esters is 1. The topological polar surface area (TPSA) is 50.1 Å². The predicted molar refractivity (Wildman–Crippen MR) is 80.9 cm³/mol. The summed E-state index contributed by atoms with van der Waals surface area (Å²) in [7, 11) is 0. The lowest BCUT2D eigenvalue weighted by atomic mass is 10.1. The monoisotopic (exact) mass is 355 g/mol. The molecule has 2 unspecified atom stereocenters. The molecule has 0 bridgehead atoms. The van der Waals surface area contributed by atoms with Crippen LogP contribution in [-0.4, -0.2) is 5.97 Å². The van der Waals surface area contributed by atoms with Crippen molar-refractivity contribution < 1.29 is 27.1 Å². The molecule has 1 aromatic rings. The Hall–Kier alpha value is -2.36. The van der Waals surface area contributed by atoms with Gasteiger partial charge < -0.3 is 4.74 Å². The van der Waals surface area contributed by atoms with Crippen molar-refractivity contribution >= 4 is 5.97 Å². The molecule has 2 rings (SSSR count). The Bertz CT molecular complexity index is 779. The van der Waals surface area contributed by atoms with Crippen molar-refractivity contribution in [2.45, 2.75) is 34.3 Å². The number of benzene rings is 1. The number of carbonyl (C=O) groups is 1. The van der Waals surface area contributed by atoms with Gasteiger partial charge in [0.05, 0.1) is 17.6 Å². The molecule has 1 fully saturated rings. The van der Waals surface area contributed by atoms with Crippen molar-refractivity contribution in [3.8, 4) is 6.07 Å². The molecule has 3 nitrogen and oxygen atoms in total. The highest BCUT2D eigenvalue weighted by Crippen LogP contribution is 2.59. The van der Waals surface area contributed by atoms with Crippen molar-refractivity contribution in [1.29, 1.82) is 5.26 Å². The second-order valence-electron chi connectivity index (χ2n) is 6.75. The van der Waals surface area contributed by atoms with E-state index in [-0.39, 0.29) is 5.92 Å². The van der Waals surface area contributed by atoms with E-state index in [2.05, 4.69) is 0 Å². The molecular weight excluding hydrogens is 338 g/mol. The first-order valence-electron chi connectivity index (χ1n) is 7.60. The third kappa shape index (κ3) is 3.26. The summed E-state index contributed by atoms with van der Waals surface area (Å²) in [5.74, 6) is -7.75. The summed E-state index contributed by atoms with van der Waals surface area (Å²) in [4.78, 5) is 12.2. The molecule has 0 N–H and O–H groups in total. The number of halogens is 4. The lowest BCUT2D eigenvalue weighted by Gasteiger charge is -2.10. The van der Waals surface area contributed by atoms with Gasteiger partial charge in [-0.3, -0.25) is 4.79 Å². The molecule has 1 aliphatic rings. The number of nitrogens with zero attached hydrogens (tertiary/aromatic N) is 1. The van der Waals surface area contributed by atoms with Crippen LogP contribution in [0.1, 0.15) is 31.9 Å². The highest BCUT2D eigenvalue weighted by molar-refractivity contribution is 5.78. The Morgan fingerprint density at radius 2 is 1.72 bits per heavy atom. The van der Waals surface area contributed by atoms with Gasteiger partial charge in [-0.25, -0.2) is 17.6 Å². The summed E-state index contributed by atoms with van der Waals surface area (Å²) in [6.07, 6.45) is 1.64. The van der Waals surface area contributed by atoms with E-state index in [1.165, 1.54) is 0 Å². The standard InChI is InChI=1S/C18H17F4NO2/c1-8(6-23)5-11-12(18(11,3)4)17(24)25-7-10-15(21)13(19)9(2)14(20)16(10)22/h5,11-12H,7H2,1-4H3/b8-5-. The van der Waals surface area contributed by atoms with Crippen molar-refractivity contribution in [2.24, 2.45) is 17.3 Å². The molecule has 0 spiro atoms. The number of hydrogen-bond acceptors (Lipinski definition) is 3. The zero-order valence-electron chi connectivity index (χ0n) is 14.2. The average molecular weight is 355 g/mol. The van der Waals surface area contributed by atoms with Gasteiger partial charge in [0, 0.05) is 11.1 Å². The van der Waals surface area contributed by atoms with Crippen LogP contribution < -0.4 is 0 Å². The molecule has 134 valence electrons. The predicted octanol–water partition coefficient (Wildman–Crippen LogP) is 4.34. The van der Waals surface area contributed by atoms with Crippen molar-refractivity contribution in [2.75, 3.05) is 0 Å². The quantitative estimate of drug-likeness (QED) is 0.349. The lowest BCUT2D eigenvalue weighted by Crippen LogP contribution is -2.14. The first kappa shape index (κ1) is 19.0. The Kier molecular flexibility index (Phi) is 4.94. The zero-order valence-corrected chi connectivity index (χ0v) is 14.2. The molecule has 1 aliphatic carbocycles. The normalized spacial score (nSPS) is 21.6. The highest BCUT2D eigenvalue weighted by atomic mass is 19.2. The van der Waals surface area contributed by atoms with Gasteiger partial charge in [0.15, 0.2) is 23.3 Å². The van der Waals surface area contributed by atoms with E-state index < -0.39 is 58.3 Å². The zero-order chi connectivity index (χ0) is 19.1. The van der Waals surface area contributed by atoms with Gasteiger partial charge in [0.25, 0.3) is 0 Å². The number of ether oxygens (including phenoxy) is 1. The van der Waals surface area contributed by atoms with Crippen LogP contribution in [0.15, 0.2) is 11.6 Å². The van der Waals surface area contributed by atoms with Gasteiger partial charge >= 0.3 is 5.97 Å². The second-order valence-corrected chi connectivity index (χ2v) is 6.75. The minimum Gasteiger partial charge on any atom is -0.460 e. The first-order valence-corrected chi connectivity index (χ1v) is 7.60. The van der Waals surface area contributed by atoms with Crippen molar-refractivity contribution in [3.05, 3.63) is 46.0 Å². The Labute approximate surface area is 142 Å². The summed E-state index contributed by atoms with van der Waals surface area (Å²) in [5.41, 5.74) is -1.78. The van der Waals surface area contributed by atoms with Crippen LogP contribution in [0.25, 0.3) is 0 Å². The fourth-order valence-electron chi connectivity index (χ4n) is 2.89. The van der Waals surface area contributed by atoms with Crippen LogP contribution in [-0.2, 0) is 16.1 Å². The maximum atomic E-state index is 13.8. The Morgan fingerprint density at radius 1 is 1.20 bits per heavy atom. The van der Waals surface area contributed by atoms with Crippen LogP contribution in [0.5, 0.6) is 0 Å². The minimum atomic E-state index is -1.57. The van der Waals surface area contributed by atoms with Gasteiger partial charge in [-0.2, -0.15) is 5.26 Å². The molecule has 25 heavy (non-hydrogen) atoms. The van der Waals surface area contributed by atoms with E-state index >= 15 is 0 Å². The van der Waals surface area contributed by atoms with Crippen molar-refractivity contribution in [3.63, 3.8) is 0 Å². The number of carbonyl (C=O) groups excluding carboxylic acids is 1. The summed E-state index contributed by atoms with van der Waals surface area (Å²) in [6.45, 7) is 5.17. The molecule has 1 aromatic carbocycles. The van der Waals surface area contributed by atoms with Gasteiger partial charge in [0.2, 0.25) is 0 Å². The van der Waals surface area contributed by atoms with Gasteiger partial charge in [-0.05, 0) is 25.2 Å². The Morgan fingerprint density at radius 3 is 2.20 bits per heavy atom. The van der Waals surface area contributed by atoms with Gasteiger partial charge in [-0.1, -0.05) is 19.9 Å². The number of hydrogen-bond donors (Lipinski definition) is 0. The molecule has 0 heterocycles. The molecule has 0 aliphatic heterocycles. The van der Waals surface area contributed by atoms with Crippen LogP contribution in [0.4, 0.5) is 17.6 Å².